The molecule has 0 unspecified atom stereocenters. The summed E-state index contributed by atoms with van der Waals surface area (Å²) < 4.78 is 13.4. The van der Waals surface area contributed by atoms with Crippen molar-refractivity contribution in [2.75, 3.05) is 24.3 Å². The molecule has 3 aromatic heterocycles. The third-order valence-electron chi connectivity index (χ3n) is 5.43. The third-order valence-corrected chi connectivity index (χ3v) is 8.54. The Labute approximate surface area is 226 Å². The van der Waals surface area contributed by atoms with Gasteiger partial charge in [-0.05, 0) is 39.3 Å². The normalized spacial score (nSPS) is 11.0. The van der Waals surface area contributed by atoms with Crippen LogP contribution in [0.3, 0.4) is 0 Å². The van der Waals surface area contributed by atoms with E-state index in [0.717, 1.165) is 28.1 Å². The molecular weight excluding hydrogens is 532 g/mol. The average Bonchev–Trinajstić information content (AvgIpc) is 3.57. The second-order valence-corrected chi connectivity index (χ2v) is 10.6. The van der Waals surface area contributed by atoms with Crippen LogP contribution < -0.4 is 5.32 Å². The SMILES string of the molecule is CCOC(=O)c1sc(NC(=O)CSc2nnc(-c3csc4ccccc34)n2CC)c(C(=O)OCC)c1C. The van der Waals surface area contributed by atoms with E-state index in [1.807, 2.05) is 23.6 Å². The Morgan fingerprint density at radius 1 is 1.05 bits per heavy atom. The molecule has 0 fully saturated rings. The first-order valence-electron chi connectivity index (χ1n) is 11.7. The molecular formula is C25H26N4O5S3. The Morgan fingerprint density at radius 2 is 1.78 bits per heavy atom. The Morgan fingerprint density at radius 3 is 2.51 bits per heavy atom. The Hall–Kier alpha value is -3.22. The van der Waals surface area contributed by atoms with Crippen LogP contribution in [0.2, 0.25) is 0 Å². The van der Waals surface area contributed by atoms with E-state index < -0.39 is 11.9 Å². The summed E-state index contributed by atoms with van der Waals surface area (Å²) in [4.78, 5) is 38.1. The number of aromatic nitrogens is 3. The van der Waals surface area contributed by atoms with Crippen molar-refractivity contribution in [3.05, 3.63) is 45.6 Å². The molecule has 4 rings (SSSR count). The lowest BCUT2D eigenvalue weighted by Crippen LogP contribution is -2.17. The molecule has 4 aromatic rings. The van der Waals surface area contributed by atoms with Crippen molar-refractivity contribution >= 4 is 67.4 Å². The number of amides is 1. The molecule has 0 spiro atoms. The van der Waals surface area contributed by atoms with Crippen LogP contribution in [-0.4, -0.2) is 51.6 Å². The van der Waals surface area contributed by atoms with Gasteiger partial charge in [0.2, 0.25) is 5.91 Å². The summed E-state index contributed by atoms with van der Waals surface area (Å²) in [6.45, 7) is 8.04. The maximum Gasteiger partial charge on any atom is 0.348 e. The minimum absolute atomic E-state index is 0.0382. The fourth-order valence-electron chi connectivity index (χ4n) is 3.77. The summed E-state index contributed by atoms with van der Waals surface area (Å²) in [7, 11) is 0. The number of carbonyl (C=O) groups excluding carboxylic acids is 3. The summed E-state index contributed by atoms with van der Waals surface area (Å²) >= 11 is 3.90. The monoisotopic (exact) mass is 558 g/mol. The lowest BCUT2D eigenvalue weighted by atomic mass is 10.1. The molecule has 9 nitrogen and oxygen atoms in total. The molecule has 0 aliphatic heterocycles. The van der Waals surface area contributed by atoms with Gasteiger partial charge in [0.15, 0.2) is 11.0 Å². The van der Waals surface area contributed by atoms with Gasteiger partial charge in [0, 0.05) is 27.6 Å². The summed E-state index contributed by atoms with van der Waals surface area (Å²) in [5.41, 5.74) is 1.59. The smallest absolute Gasteiger partial charge is 0.348 e. The first-order chi connectivity index (χ1) is 17.9. The maximum atomic E-state index is 12.9. The van der Waals surface area contributed by atoms with Crippen molar-refractivity contribution in [1.29, 1.82) is 0 Å². The van der Waals surface area contributed by atoms with Crippen LogP contribution >= 0.6 is 34.4 Å². The first kappa shape index (κ1) is 26.8. The molecule has 0 aliphatic carbocycles. The van der Waals surface area contributed by atoms with Gasteiger partial charge in [0.1, 0.15) is 9.88 Å². The predicted molar refractivity (Wildman–Crippen MR) is 147 cm³/mol. The van der Waals surface area contributed by atoms with Gasteiger partial charge in [-0.15, -0.1) is 32.9 Å². The number of thioether (sulfide) groups is 1. The van der Waals surface area contributed by atoms with Crippen molar-refractivity contribution in [1.82, 2.24) is 14.8 Å². The molecule has 1 aromatic carbocycles. The van der Waals surface area contributed by atoms with Crippen molar-refractivity contribution < 1.29 is 23.9 Å². The van der Waals surface area contributed by atoms with E-state index in [1.165, 1.54) is 16.5 Å². The second kappa shape index (κ2) is 11.9. The van der Waals surface area contributed by atoms with Gasteiger partial charge in [-0.25, -0.2) is 9.59 Å². The number of esters is 2. The number of hydrogen-bond donors (Lipinski definition) is 1. The van der Waals surface area contributed by atoms with Crippen LogP contribution in [0.5, 0.6) is 0 Å². The van der Waals surface area contributed by atoms with Gasteiger partial charge >= 0.3 is 11.9 Å². The third kappa shape index (κ3) is 5.55. The summed E-state index contributed by atoms with van der Waals surface area (Å²) in [5, 5.41) is 15.6. The molecule has 1 N–H and O–H groups in total. The van der Waals surface area contributed by atoms with Crippen molar-refractivity contribution in [2.24, 2.45) is 0 Å². The van der Waals surface area contributed by atoms with E-state index in [4.69, 9.17) is 9.47 Å². The summed E-state index contributed by atoms with van der Waals surface area (Å²) in [6, 6.07) is 8.13. The van der Waals surface area contributed by atoms with E-state index in [-0.39, 0.29) is 40.3 Å². The highest BCUT2D eigenvalue weighted by atomic mass is 32.2. The highest BCUT2D eigenvalue weighted by Crippen LogP contribution is 2.36. The minimum Gasteiger partial charge on any atom is -0.462 e. The van der Waals surface area contributed by atoms with Crippen LogP contribution in [0.15, 0.2) is 34.8 Å². The summed E-state index contributed by atoms with van der Waals surface area (Å²) in [5.74, 6) is -0.708. The molecule has 0 atom stereocenters. The lowest BCUT2D eigenvalue weighted by molar-refractivity contribution is -0.113. The minimum atomic E-state index is -0.604. The highest BCUT2D eigenvalue weighted by molar-refractivity contribution is 7.99. The van der Waals surface area contributed by atoms with E-state index >= 15 is 0 Å². The number of anilines is 1. The van der Waals surface area contributed by atoms with Crippen molar-refractivity contribution in [3.63, 3.8) is 0 Å². The Bertz CT molecular complexity index is 1460. The number of carbonyl (C=O) groups is 3. The molecule has 0 bridgehead atoms. The van der Waals surface area contributed by atoms with Crippen molar-refractivity contribution in [2.45, 2.75) is 39.4 Å². The van der Waals surface area contributed by atoms with E-state index in [1.54, 1.807) is 32.1 Å². The average molecular weight is 559 g/mol. The van der Waals surface area contributed by atoms with E-state index in [0.29, 0.717) is 17.3 Å². The molecule has 194 valence electrons. The van der Waals surface area contributed by atoms with Gasteiger partial charge in [-0.3, -0.25) is 4.79 Å². The Kier molecular flexibility index (Phi) is 8.62. The number of rotatable bonds is 10. The van der Waals surface area contributed by atoms with Crippen LogP contribution in [0, 0.1) is 6.92 Å². The summed E-state index contributed by atoms with van der Waals surface area (Å²) in [6.07, 6.45) is 0. The van der Waals surface area contributed by atoms with Crippen molar-refractivity contribution in [3.8, 4) is 11.4 Å². The molecule has 12 heteroatoms. The zero-order valence-electron chi connectivity index (χ0n) is 20.8. The fraction of sp³-hybridized carbons (Fsp3) is 0.320. The van der Waals surface area contributed by atoms with Gasteiger partial charge in [-0.2, -0.15) is 0 Å². The highest BCUT2D eigenvalue weighted by Gasteiger charge is 2.27. The molecule has 0 saturated carbocycles. The lowest BCUT2D eigenvalue weighted by Gasteiger charge is -2.08. The van der Waals surface area contributed by atoms with Crippen LogP contribution in [0.25, 0.3) is 21.5 Å². The molecule has 0 saturated heterocycles. The Balaban J connectivity index is 1.53. The van der Waals surface area contributed by atoms with Gasteiger partial charge in [0.05, 0.1) is 24.5 Å². The molecule has 37 heavy (non-hydrogen) atoms. The second-order valence-electron chi connectivity index (χ2n) is 7.73. The molecule has 0 aliphatic rings. The van der Waals surface area contributed by atoms with Crippen LogP contribution in [0.1, 0.15) is 46.4 Å². The van der Waals surface area contributed by atoms with E-state index in [2.05, 4.69) is 33.0 Å². The largest absolute Gasteiger partial charge is 0.462 e. The number of benzene rings is 1. The number of fused-ring (bicyclic) bond motifs is 1. The zero-order valence-corrected chi connectivity index (χ0v) is 23.3. The number of ether oxygens (including phenoxy) is 2. The molecule has 1 amide bonds. The standard InChI is InChI=1S/C25H26N4O5S3/c1-5-29-21(16-12-35-17-11-9-8-10-15(16)17)27-28-25(29)36-13-18(30)26-22-19(23(31)33-6-2)14(4)20(37-22)24(32)34-7-3/h8-12H,5-7,13H2,1-4H3,(H,26,30). The number of hydrogen-bond acceptors (Lipinski definition) is 10. The van der Waals surface area contributed by atoms with E-state index in [9.17, 15) is 14.4 Å². The predicted octanol–water partition coefficient (Wildman–Crippen LogP) is 5.63. The van der Waals surface area contributed by atoms with Gasteiger partial charge < -0.3 is 19.4 Å². The number of nitrogens with one attached hydrogen (secondary N) is 1. The van der Waals surface area contributed by atoms with Gasteiger partial charge in [-0.1, -0.05) is 30.0 Å². The zero-order chi connectivity index (χ0) is 26.5. The maximum absolute atomic E-state index is 12.9. The fourth-order valence-corrected chi connectivity index (χ4v) is 6.61. The molecule has 0 radical (unpaired) electrons. The van der Waals surface area contributed by atoms with Crippen LogP contribution in [-0.2, 0) is 20.8 Å². The quantitative estimate of drug-likeness (QED) is 0.197. The molecule has 3 heterocycles. The first-order valence-corrected chi connectivity index (χ1v) is 14.4. The number of thiophene rings is 2. The number of nitrogens with zero attached hydrogens (tertiary/aromatic N) is 3. The van der Waals surface area contributed by atoms with Crippen LogP contribution in [0.4, 0.5) is 5.00 Å². The topological polar surface area (TPSA) is 112 Å². The van der Waals surface area contributed by atoms with Gasteiger partial charge in [0.25, 0.3) is 0 Å².